The van der Waals surface area contributed by atoms with Crippen molar-refractivity contribution in [1.29, 1.82) is 0 Å². The Bertz CT molecular complexity index is 1190. The Morgan fingerprint density at radius 3 is 2.43 bits per heavy atom. The quantitative estimate of drug-likeness (QED) is 0.547. The first-order valence-corrected chi connectivity index (χ1v) is 10.5. The van der Waals surface area contributed by atoms with Gasteiger partial charge in [0.2, 0.25) is 10.0 Å². The highest BCUT2D eigenvalue weighted by molar-refractivity contribution is 7.89. The van der Waals surface area contributed by atoms with Gasteiger partial charge >= 0.3 is 0 Å². The van der Waals surface area contributed by atoms with E-state index in [1.807, 2.05) is 0 Å². The highest BCUT2D eigenvalue weighted by Crippen LogP contribution is 2.35. The average Bonchev–Trinajstić information content (AvgIpc) is 3.20. The molecule has 1 heterocycles. The summed E-state index contributed by atoms with van der Waals surface area (Å²) in [5.74, 6) is -3.87. The van der Waals surface area contributed by atoms with Crippen LogP contribution in [0.5, 0.6) is 0 Å². The maximum atomic E-state index is 14.6. The van der Waals surface area contributed by atoms with Crippen molar-refractivity contribution in [3.63, 3.8) is 0 Å². The highest BCUT2D eigenvalue weighted by atomic mass is 35.5. The summed E-state index contributed by atoms with van der Waals surface area (Å²) in [4.78, 5) is -0.865. The van der Waals surface area contributed by atoms with E-state index >= 15 is 0 Å². The molecule has 2 atom stereocenters. The van der Waals surface area contributed by atoms with Crippen molar-refractivity contribution in [3.8, 4) is 0 Å². The van der Waals surface area contributed by atoms with E-state index in [1.54, 1.807) is 26.8 Å². The third-order valence-electron chi connectivity index (χ3n) is 4.87. The molecular weight excluding hydrogens is 443 g/mol. The van der Waals surface area contributed by atoms with E-state index in [0.29, 0.717) is 17.7 Å². The molecule has 0 aliphatic heterocycles. The molecule has 0 saturated carbocycles. The number of aryl methyl sites for hydroxylation is 1. The van der Waals surface area contributed by atoms with E-state index < -0.39 is 49.4 Å². The largest absolute Gasteiger partial charge is 0.244 e. The SMILES string of the molecule is Cc1ccc(F)c(C(C)C(NS(=O)(=O)c2cc(Cl)c(F)cc2F)c2nn[nH]n2)c1C. The van der Waals surface area contributed by atoms with Gasteiger partial charge in [0.05, 0.1) is 11.1 Å². The molecule has 7 nitrogen and oxygen atoms in total. The summed E-state index contributed by atoms with van der Waals surface area (Å²) in [7, 11) is -4.56. The number of rotatable bonds is 6. The molecule has 2 unspecified atom stereocenters. The summed E-state index contributed by atoms with van der Waals surface area (Å²) in [6.07, 6.45) is 0. The molecule has 1 aromatic heterocycles. The third-order valence-corrected chi connectivity index (χ3v) is 6.62. The van der Waals surface area contributed by atoms with Gasteiger partial charge in [-0.15, -0.1) is 10.2 Å². The Kier molecular flexibility index (Phi) is 6.16. The first-order chi connectivity index (χ1) is 14.0. The van der Waals surface area contributed by atoms with Gasteiger partial charge in [0.15, 0.2) is 5.82 Å². The monoisotopic (exact) mass is 459 g/mol. The molecule has 12 heteroatoms. The molecule has 2 aromatic carbocycles. The minimum atomic E-state index is -4.56. The van der Waals surface area contributed by atoms with Crippen LogP contribution in [0, 0.1) is 31.3 Å². The molecule has 3 aromatic rings. The van der Waals surface area contributed by atoms with Crippen molar-refractivity contribution in [2.45, 2.75) is 37.6 Å². The van der Waals surface area contributed by atoms with Crippen LogP contribution in [0.25, 0.3) is 0 Å². The number of H-pyrrole nitrogens is 1. The van der Waals surface area contributed by atoms with Crippen molar-refractivity contribution < 1.29 is 21.6 Å². The highest BCUT2D eigenvalue weighted by Gasteiger charge is 2.34. The van der Waals surface area contributed by atoms with Crippen LogP contribution in [0.4, 0.5) is 13.2 Å². The minimum absolute atomic E-state index is 0.0833. The first-order valence-electron chi connectivity index (χ1n) is 8.68. The zero-order chi connectivity index (χ0) is 22.2. The van der Waals surface area contributed by atoms with Crippen LogP contribution in [0.15, 0.2) is 29.2 Å². The number of aromatic nitrogens is 4. The van der Waals surface area contributed by atoms with Crippen molar-refractivity contribution in [1.82, 2.24) is 25.3 Å². The number of benzene rings is 2. The van der Waals surface area contributed by atoms with Crippen LogP contribution in [0.3, 0.4) is 0 Å². The van der Waals surface area contributed by atoms with Crippen LogP contribution in [-0.2, 0) is 10.0 Å². The molecule has 0 aliphatic rings. The molecule has 0 spiro atoms. The summed E-state index contributed by atoms with van der Waals surface area (Å²) >= 11 is 5.62. The molecule has 0 aliphatic carbocycles. The number of hydrogen-bond donors (Lipinski definition) is 2. The maximum Gasteiger partial charge on any atom is 0.244 e. The van der Waals surface area contributed by atoms with Crippen LogP contribution < -0.4 is 4.72 Å². The van der Waals surface area contributed by atoms with Gasteiger partial charge in [-0.1, -0.05) is 29.8 Å². The minimum Gasteiger partial charge on any atom is -0.207 e. The van der Waals surface area contributed by atoms with Crippen LogP contribution in [-0.4, -0.2) is 29.0 Å². The summed E-state index contributed by atoms with van der Waals surface area (Å²) in [5.41, 5.74) is 1.65. The van der Waals surface area contributed by atoms with E-state index in [9.17, 15) is 21.6 Å². The Balaban J connectivity index is 2.09. The van der Waals surface area contributed by atoms with Gasteiger partial charge in [0.1, 0.15) is 22.3 Å². The van der Waals surface area contributed by atoms with E-state index in [2.05, 4.69) is 25.3 Å². The number of hydrogen-bond acceptors (Lipinski definition) is 5. The average molecular weight is 460 g/mol. The lowest BCUT2D eigenvalue weighted by Gasteiger charge is -2.25. The van der Waals surface area contributed by atoms with Crippen molar-refractivity contribution in [2.75, 3.05) is 0 Å². The Hall–Kier alpha value is -2.50. The maximum absolute atomic E-state index is 14.6. The predicted molar refractivity (Wildman–Crippen MR) is 103 cm³/mol. The zero-order valence-corrected chi connectivity index (χ0v) is 17.6. The standard InChI is InChI=1S/C18H17ClF3N5O2S/c1-8-4-5-12(20)16(9(8)2)10(3)17(18-23-26-27-24-18)25-30(28,29)15-6-11(19)13(21)7-14(15)22/h4-7,10,17,25H,1-3H3,(H,23,24,26,27). The third kappa shape index (κ3) is 4.18. The molecule has 30 heavy (non-hydrogen) atoms. The fourth-order valence-electron chi connectivity index (χ4n) is 3.15. The molecule has 0 radical (unpaired) electrons. The Morgan fingerprint density at radius 1 is 1.10 bits per heavy atom. The predicted octanol–water partition coefficient (Wildman–Crippen LogP) is 3.71. The normalized spacial score (nSPS) is 14.0. The van der Waals surface area contributed by atoms with Crippen LogP contribution in [0.2, 0.25) is 5.02 Å². The number of nitrogens with zero attached hydrogens (tertiary/aromatic N) is 3. The second-order valence-electron chi connectivity index (χ2n) is 6.76. The fourth-order valence-corrected chi connectivity index (χ4v) is 4.74. The van der Waals surface area contributed by atoms with Crippen molar-refractivity contribution in [2.24, 2.45) is 0 Å². The van der Waals surface area contributed by atoms with Gasteiger partial charge in [-0.3, -0.25) is 0 Å². The molecule has 0 bridgehead atoms. The van der Waals surface area contributed by atoms with Crippen molar-refractivity contribution >= 4 is 21.6 Å². The van der Waals surface area contributed by atoms with Crippen molar-refractivity contribution in [3.05, 3.63) is 69.3 Å². The second-order valence-corrected chi connectivity index (χ2v) is 8.85. The molecule has 0 fully saturated rings. The molecule has 0 amide bonds. The lowest BCUT2D eigenvalue weighted by molar-refractivity contribution is 0.474. The summed E-state index contributed by atoms with van der Waals surface area (Å²) in [6, 6.07) is 2.69. The molecular formula is C18H17ClF3N5O2S. The molecule has 0 saturated heterocycles. The lowest BCUT2D eigenvalue weighted by Crippen LogP contribution is -2.34. The molecule has 160 valence electrons. The van der Waals surface area contributed by atoms with Gasteiger partial charge in [-0.25, -0.2) is 21.6 Å². The fraction of sp³-hybridized carbons (Fsp3) is 0.278. The van der Waals surface area contributed by atoms with Gasteiger partial charge < -0.3 is 0 Å². The Labute approximate surface area is 175 Å². The van der Waals surface area contributed by atoms with Crippen LogP contribution >= 0.6 is 11.6 Å². The van der Waals surface area contributed by atoms with E-state index in [0.717, 1.165) is 5.56 Å². The topological polar surface area (TPSA) is 101 Å². The summed E-state index contributed by atoms with van der Waals surface area (Å²) in [6.45, 7) is 5.06. The van der Waals surface area contributed by atoms with Gasteiger partial charge in [0.25, 0.3) is 0 Å². The van der Waals surface area contributed by atoms with Gasteiger partial charge in [-0.05, 0) is 42.7 Å². The number of tetrazole rings is 1. The molecule has 2 N–H and O–H groups in total. The number of sulfonamides is 1. The van der Waals surface area contributed by atoms with E-state index in [1.165, 1.54) is 6.07 Å². The van der Waals surface area contributed by atoms with Crippen LogP contribution in [0.1, 0.15) is 41.4 Å². The van der Waals surface area contributed by atoms with Gasteiger partial charge in [0, 0.05) is 12.0 Å². The summed E-state index contributed by atoms with van der Waals surface area (Å²) < 4.78 is 70.3. The molecule has 3 rings (SSSR count). The summed E-state index contributed by atoms with van der Waals surface area (Å²) in [5, 5.41) is 12.7. The zero-order valence-electron chi connectivity index (χ0n) is 16.0. The Morgan fingerprint density at radius 2 is 1.80 bits per heavy atom. The smallest absolute Gasteiger partial charge is 0.207 e. The van der Waals surface area contributed by atoms with E-state index in [-0.39, 0.29) is 11.4 Å². The van der Waals surface area contributed by atoms with E-state index in [4.69, 9.17) is 11.6 Å². The number of aromatic amines is 1. The lowest BCUT2D eigenvalue weighted by atomic mass is 9.88. The second kappa shape index (κ2) is 8.32. The van der Waals surface area contributed by atoms with Gasteiger partial charge in [-0.2, -0.15) is 9.94 Å². The number of nitrogens with one attached hydrogen (secondary N) is 2. The number of halogens is 4. The first kappa shape index (κ1) is 22.2.